The number of benzene rings is 1. The van der Waals surface area contributed by atoms with Crippen molar-refractivity contribution >= 4 is 17.9 Å². The summed E-state index contributed by atoms with van der Waals surface area (Å²) in [5.41, 5.74) is 4.90. The lowest BCUT2D eigenvalue weighted by molar-refractivity contribution is -0.127. The van der Waals surface area contributed by atoms with Crippen molar-refractivity contribution in [3.05, 3.63) is 29.3 Å². The van der Waals surface area contributed by atoms with Crippen molar-refractivity contribution in [3.8, 4) is 0 Å². The van der Waals surface area contributed by atoms with Crippen molar-refractivity contribution in [1.29, 1.82) is 0 Å². The number of alkyl halides is 1. The van der Waals surface area contributed by atoms with Crippen LogP contribution in [0, 0.1) is 0 Å². The van der Waals surface area contributed by atoms with Gasteiger partial charge in [0.1, 0.15) is 19.0 Å². The Morgan fingerprint density at radius 3 is 2.87 bits per heavy atom. The summed E-state index contributed by atoms with van der Waals surface area (Å²) in [6.07, 6.45) is 1.72. The van der Waals surface area contributed by atoms with Crippen LogP contribution in [0.3, 0.4) is 0 Å². The average Bonchev–Trinajstić information content (AvgIpc) is 2.58. The third kappa shape index (κ3) is 5.86. The molecule has 0 spiro atoms. The molecule has 1 unspecified atom stereocenters. The first-order valence-electron chi connectivity index (χ1n) is 7.55. The lowest BCUT2D eigenvalue weighted by atomic mass is 10.0. The van der Waals surface area contributed by atoms with E-state index in [4.69, 9.17) is 4.74 Å². The van der Waals surface area contributed by atoms with Crippen LogP contribution in [0.25, 0.3) is 0 Å². The standard InChI is InChI=1S/C16H24FN3O3/c1-3-4-14(9-21)19-15-6-5-12(7-13(15)8-17)16(20-18-2)10-23-11-22/h5-7,11,14,18-19,21H,3-4,8-10H2,1-2H3/b20-16+. The molecule has 23 heavy (non-hydrogen) atoms. The number of hydrogen-bond donors (Lipinski definition) is 3. The first kappa shape index (κ1) is 18.9. The van der Waals surface area contributed by atoms with Crippen LogP contribution in [0.5, 0.6) is 0 Å². The molecular formula is C16H24FN3O3. The molecule has 1 rings (SSSR count). The molecule has 6 nitrogen and oxygen atoms in total. The minimum atomic E-state index is -0.651. The van der Waals surface area contributed by atoms with E-state index < -0.39 is 6.67 Å². The molecule has 0 amide bonds. The number of halogens is 1. The summed E-state index contributed by atoms with van der Waals surface area (Å²) in [4.78, 5) is 10.3. The molecule has 0 heterocycles. The quantitative estimate of drug-likeness (QED) is 0.328. The van der Waals surface area contributed by atoms with E-state index in [9.17, 15) is 14.3 Å². The van der Waals surface area contributed by atoms with Crippen LogP contribution >= 0.6 is 0 Å². The second-order valence-corrected chi connectivity index (χ2v) is 5.01. The molecule has 1 aromatic rings. The topological polar surface area (TPSA) is 82.9 Å². The van der Waals surface area contributed by atoms with Gasteiger partial charge in [-0.3, -0.25) is 4.79 Å². The number of anilines is 1. The zero-order valence-electron chi connectivity index (χ0n) is 13.5. The molecule has 0 aliphatic carbocycles. The number of carbonyl (C=O) groups excluding carboxylic acids is 1. The Morgan fingerprint density at radius 1 is 1.52 bits per heavy atom. The summed E-state index contributed by atoms with van der Waals surface area (Å²) < 4.78 is 18.1. The largest absolute Gasteiger partial charge is 0.461 e. The predicted molar refractivity (Wildman–Crippen MR) is 88.3 cm³/mol. The van der Waals surface area contributed by atoms with Crippen molar-refractivity contribution in [2.45, 2.75) is 32.5 Å². The van der Waals surface area contributed by atoms with Crippen LogP contribution in [-0.4, -0.2) is 43.6 Å². The van der Waals surface area contributed by atoms with Crippen molar-refractivity contribution in [3.63, 3.8) is 0 Å². The maximum atomic E-state index is 13.4. The van der Waals surface area contributed by atoms with E-state index in [1.807, 2.05) is 6.92 Å². The van der Waals surface area contributed by atoms with E-state index in [1.54, 1.807) is 25.2 Å². The van der Waals surface area contributed by atoms with Gasteiger partial charge in [0, 0.05) is 29.9 Å². The van der Waals surface area contributed by atoms with Crippen LogP contribution < -0.4 is 10.7 Å². The lowest BCUT2D eigenvalue weighted by Crippen LogP contribution is -2.24. The van der Waals surface area contributed by atoms with Gasteiger partial charge < -0.3 is 20.6 Å². The minimum absolute atomic E-state index is 0.00204. The molecule has 0 aliphatic rings. The summed E-state index contributed by atoms with van der Waals surface area (Å²) >= 11 is 0. The Hall–Kier alpha value is -2.15. The second kappa shape index (κ2) is 10.6. The molecule has 0 fully saturated rings. The van der Waals surface area contributed by atoms with Gasteiger partial charge in [0.2, 0.25) is 0 Å². The van der Waals surface area contributed by atoms with Crippen LogP contribution in [0.15, 0.2) is 23.3 Å². The Kier molecular flexibility index (Phi) is 8.67. The molecule has 1 aromatic carbocycles. The SMILES string of the molecule is CCCC(CO)Nc1ccc(/C(COC=O)=N/NC)cc1CF. The number of nitrogens with zero attached hydrogens (tertiary/aromatic N) is 1. The molecule has 0 aromatic heterocycles. The molecule has 128 valence electrons. The van der Waals surface area contributed by atoms with Gasteiger partial charge in [-0.2, -0.15) is 5.10 Å². The lowest BCUT2D eigenvalue weighted by Gasteiger charge is -2.19. The van der Waals surface area contributed by atoms with Gasteiger partial charge in [-0.15, -0.1) is 0 Å². The van der Waals surface area contributed by atoms with Crippen molar-refractivity contribution in [1.82, 2.24) is 5.43 Å². The van der Waals surface area contributed by atoms with Crippen molar-refractivity contribution in [2.75, 3.05) is 25.6 Å². The molecule has 1 atom stereocenters. The molecule has 0 bridgehead atoms. The fourth-order valence-electron chi connectivity index (χ4n) is 2.23. The number of hydrazone groups is 1. The molecule has 0 aliphatic heterocycles. The third-order valence-corrected chi connectivity index (χ3v) is 3.33. The van der Waals surface area contributed by atoms with Gasteiger partial charge in [0.05, 0.1) is 6.61 Å². The Balaban J connectivity index is 3.01. The van der Waals surface area contributed by atoms with E-state index in [0.717, 1.165) is 12.8 Å². The van der Waals surface area contributed by atoms with E-state index in [-0.39, 0.29) is 19.3 Å². The van der Waals surface area contributed by atoms with E-state index in [2.05, 4.69) is 15.8 Å². The monoisotopic (exact) mass is 325 g/mol. The van der Waals surface area contributed by atoms with Gasteiger partial charge in [0.25, 0.3) is 6.47 Å². The van der Waals surface area contributed by atoms with E-state index >= 15 is 0 Å². The highest BCUT2D eigenvalue weighted by molar-refractivity contribution is 6.02. The highest BCUT2D eigenvalue weighted by Crippen LogP contribution is 2.21. The smallest absolute Gasteiger partial charge is 0.293 e. The molecule has 7 heteroatoms. The summed E-state index contributed by atoms with van der Waals surface area (Å²) in [7, 11) is 1.63. The van der Waals surface area contributed by atoms with Gasteiger partial charge in [-0.1, -0.05) is 19.4 Å². The summed E-state index contributed by atoms with van der Waals surface area (Å²) in [5, 5.41) is 16.6. The first-order chi connectivity index (χ1) is 11.2. The molecule has 3 N–H and O–H groups in total. The molecular weight excluding hydrogens is 301 g/mol. The number of nitrogens with one attached hydrogen (secondary N) is 2. The Bertz CT molecular complexity index is 523. The van der Waals surface area contributed by atoms with Crippen LogP contribution in [0.2, 0.25) is 0 Å². The Labute approximate surface area is 135 Å². The van der Waals surface area contributed by atoms with E-state index in [0.29, 0.717) is 29.0 Å². The molecule has 0 saturated heterocycles. The van der Waals surface area contributed by atoms with E-state index in [1.165, 1.54) is 0 Å². The Morgan fingerprint density at radius 2 is 2.30 bits per heavy atom. The van der Waals surface area contributed by atoms with Crippen LogP contribution in [0.4, 0.5) is 10.1 Å². The number of aliphatic hydroxyl groups excluding tert-OH is 1. The van der Waals surface area contributed by atoms with Crippen molar-refractivity contribution in [2.24, 2.45) is 5.10 Å². The van der Waals surface area contributed by atoms with Gasteiger partial charge in [-0.05, 0) is 18.6 Å². The van der Waals surface area contributed by atoms with Gasteiger partial charge in [-0.25, -0.2) is 4.39 Å². The predicted octanol–water partition coefficient (Wildman–Crippen LogP) is 1.83. The third-order valence-electron chi connectivity index (χ3n) is 3.33. The van der Waals surface area contributed by atoms with Crippen LogP contribution in [-0.2, 0) is 16.2 Å². The highest BCUT2D eigenvalue weighted by atomic mass is 19.1. The number of ether oxygens (including phenoxy) is 1. The summed E-state index contributed by atoms with van der Waals surface area (Å²) in [5.74, 6) is 0. The maximum absolute atomic E-state index is 13.4. The molecule has 0 saturated carbocycles. The number of carbonyl (C=O) groups is 1. The summed E-state index contributed by atoms with van der Waals surface area (Å²) in [6, 6.07) is 5.06. The number of rotatable bonds is 11. The zero-order chi connectivity index (χ0) is 17.1. The minimum Gasteiger partial charge on any atom is -0.461 e. The maximum Gasteiger partial charge on any atom is 0.293 e. The van der Waals surface area contributed by atoms with Gasteiger partial charge >= 0.3 is 0 Å². The average molecular weight is 325 g/mol. The van der Waals surface area contributed by atoms with Crippen LogP contribution in [0.1, 0.15) is 30.9 Å². The van der Waals surface area contributed by atoms with Gasteiger partial charge in [0.15, 0.2) is 0 Å². The summed E-state index contributed by atoms with van der Waals surface area (Å²) in [6.45, 7) is 1.70. The fraction of sp³-hybridized carbons (Fsp3) is 0.500. The molecule has 0 radical (unpaired) electrons. The van der Waals surface area contributed by atoms with Crippen molar-refractivity contribution < 1.29 is 19.0 Å². The fourth-order valence-corrected chi connectivity index (χ4v) is 2.23. The second-order valence-electron chi connectivity index (χ2n) is 5.01. The zero-order valence-corrected chi connectivity index (χ0v) is 13.5. The number of aliphatic hydroxyl groups is 1. The first-order valence-corrected chi connectivity index (χ1v) is 7.55. The highest BCUT2D eigenvalue weighted by Gasteiger charge is 2.12. The number of hydrogen-bond acceptors (Lipinski definition) is 6. The normalized spacial score (nSPS) is 12.6.